The van der Waals surface area contributed by atoms with Gasteiger partial charge in [0.05, 0.1) is 0 Å². The first-order valence-electron chi connectivity index (χ1n) is 9.40. The van der Waals surface area contributed by atoms with Crippen LogP contribution in [0.25, 0.3) is 5.82 Å². The van der Waals surface area contributed by atoms with Crippen LogP contribution < -0.4 is 5.32 Å². The minimum atomic E-state index is -0.311. The lowest BCUT2D eigenvalue weighted by atomic mass is 9.83. The van der Waals surface area contributed by atoms with Gasteiger partial charge in [0.1, 0.15) is 11.4 Å². The summed E-state index contributed by atoms with van der Waals surface area (Å²) in [7, 11) is 2.09. The fraction of sp³-hybridized carbons (Fsp3) is 0.500. The number of aromatic nitrogens is 2. The normalized spacial score (nSPS) is 21.1. The maximum Gasteiger partial charge on any atom is 0.240 e. The van der Waals surface area contributed by atoms with Gasteiger partial charge in [-0.3, -0.25) is 14.6 Å². The molecule has 4 rings (SSSR count). The lowest BCUT2D eigenvalue weighted by molar-refractivity contribution is -0.140. The van der Waals surface area contributed by atoms with E-state index in [-0.39, 0.29) is 11.4 Å². The summed E-state index contributed by atoms with van der Waals surface area (Å²) in [6, 6.07) is 8.36. The lowest BCUT2D eigenvalue weighted by Gasteiger charge is -2.48. The Kier molecular flexibility index (Phi) is 4.54. The smallest absolute Gasteiger partial charge is 0.240 e. The van der Waals surface area contributed by atoms with E-state index in [9.17, 15) is 4.79 Å². The summed E-state index contributed by atoms with van der Waals surface area (Å²) < 4.78 is 2.16. The lowest BCUT2D eigenvalue weighted by Crippen LogP contribution is -2.66. The summed E-state index contributed by atoms with van der Waals surface area (Å²) in [5, 5.41) is 3.06. The van der Waals surface area contributed by atoms with Crippen LogP contribution >= 0.6 is 0 Å². The molecule has 2 saturated heterocycles. The number of piperazine rings is 1. The number of pyridine rings is 1. The molecule has 138 valence electrons. The molecule has 2 aromatic heterocycles. The molecule has 0 saturated carbocycles. The number of carbonyl (C=O) groups excluding carboxylic acids is 1. The van der Waals surface area contributed by atoms with Gasteiger partial charge in [0.25, 0.3) is 0 Å². The van der Waals surface area contributed by atoms with Gasteiger partial charge in [0.2, 0.25) is 5.91 Å². The van der Waals surface area contributed by atoms with Crippen LogP contribution in [0.15, 0.2) is 36.7 Å². The van der Waals surface area contributed by atoms with Gasteiger partial charge in [-0.1, -0.05) is 0 Å². The highest BCUT2D eigenvalue weighted by atomic mass is 16.2. The SMILES string of the molecule is Cc1ccnc(-n2cccc2CN2CCC3(CC2)C(=O)NCCN3C)c1. The Hall–Kier alpha value is -2.18. The summed E-state index contributed by atoms with van der Waals surface area (Å²) in [4.78, 5) is 21.7. The molecule has 2 aliphatic rings. The van der Waals surface area contributed by atoms with Crippen LogP contribution in [0.1, 0.15) is 24.1 Å². The molecule has 2 fully saturated rings. The van der Waals surface area contributed by atoms with Crippen LogP contribution in [0.2, 0.25) is 0 Å². The average molecular weight is 353 g/mol. The molecule has 2 aliphatic heterocycles. The molecule has 6 nitrogen and oxygen atoms in total. The number of nitrogens with zero attached hydrogens (tertiary/aromatic N) is 4. The van der Waals surface area contributed by atoms with Crippen molar-refractivity contribution in [1.29, 1.82) is 0 Å². The largest absolute Gasteiger partial charge is 0.353 e. The van der Waals surface area contributed by atoms with E-state index < -0.39 is 0 Å². The maximum absolute atomic E-state index is 12.5. The van der Waals surface area contributed by atoms with Crippen molar-refractivity contribution in [2.75, 3.05) is 33.2 Å². The van der Waals surface area contributed by atoms with Crippen molar-refractivity contribution in [2.24, 2.45) is 0 Å². The second kappa shape index (κ2) is 6.85. The van der Waals surface area contributed by atoms with Gasteiger partial charge in [0, 0.05) is 50.8 Å². The molecule has 0 aromatic carbocycles. The van der Waals surface area contributed by atoms with Crippen LogP contribution in [0.4, 0.5) is 0 Å². The Bertz CT molecular complexity index is 791. The molecule has 6 heteroatoms. The Morgan fingerprint density at radius 2 is 2.04 bits per heavy atom. The zero-order valence-electron chi connectivity index (χ0n) is 15.6. The Morgan fingerprint density at radius 3 is 2.77 bits per heavy atom. The van der Waals surface area contributed by atoms with Crippen molar-refractivity contribution in [3.63, 3.8) is 0 Å². The summed E-state index contributed by atoms with van der Waals surface area (Å²) in [6.07, 6.45) is 5.71. The first-order chi connectivity index (χ1) is 12.6. The molecule has 1 N–H and O–H groups in total. The molecule has 1 amide bonds. The van der Waals surface area contributed by atoms with Gasteiger partial charge in [0.15, 0.2) is 0 Å². The van der Waals surface area contributed by atoms with E-state index in [2.05, 4.69) is 63.0 Å². The highest BCUT2D eigenvalue weighted by molar-refractivity contribution is 5.87. The van der Waals surface area contributed by atoms with E-state index in [1.165, 1.54) is 11.3 Å². The monoisotopic (exact) mass is 353 g/mol. The molecule has 1 spiro atoms. The van der Waals surface area contributed by atoms with Crippen molar-refractivity contribution < 1.29 is 4.79 Å². The van der Waals surface area contributed by atoms with E-state index in [4.69, 9.17) is 0 Å². The fourth-order valence-electron chi connectivity index (χ4n) is 4.23. The Morgan fingerprint density at radius 1 is 1.23 bits per heavy atom. The van der Waals surface area contributed by atoms with E-state index in [0.29, 0.717) is 0 Å². The second-order valence-electron chi connectivity index (χ2n) is 7.55. The number of piperidine rings is 1. The second-order valence-corrected chi connectivity index (χ2v) is 7.55. The van der Waals surface area contributed by atoms with Crippen LogP contribution in [-0.2, 0) is 11.3 Å². The number of rotatable bonds is 3. The van der Waals surface area contributed by atoms with Gasteiger partial charge in [-0.25, -0.2) is 4.98 Å². The maximum atomic E-state index is 12.5. The molecule has 0 unspecified atom stereocenters. The van der Waals surface area contributed by atoms with Crippen molar-refractivity contribution in [2.45, 2.75) is 31.8 Å². The van der Waals surface area contributed by atoms with Gasteiger partial charge in [-0.15, -0.1) is 0 Å². The fourth-order valence-corrected chi connectivity index (χ4v) is 4.23. The highest BCUT2D eigenvalue weighted by Gasteiger charge is 2.46. The van der Waals surface area contributed by atoms with Crippen molar-refractivity contribution in [3.8, 4) is 5.82 Å². The van der Waals surface area contributed by atoms with E-state index in [1.807, 2.05) is 12.3 Å². The molecular weight excluding hydrogens is 326 g/mol. The van der Waals surface area contributed by atoms with Gasteiger partial charge in [-0.2, -0.15) is 0 Å². The van der Waals surface area contributed by atoms with E-state index in [1.54, 1.807) is 0 Å². The van der Waals surface area contributed by atoms with Crippen LogP contribution in [0.5, 0.6) is 0 Å². The summed E-state index contributed by atoms with van der Waals surface area (Å²) >= 11 is 0. The topological polar surface area (TPSA) is 53.4 Å². The predicted molar refractivity (Wildman–Crippen MR) is 101 cm³/mol. The molecular formula is C20H27N5O. The average Bonchev–Trinajstić information content (AvgIpc) is 3.09. The van der Waals surface area contributed by atoms with Crippen LogP contribution in [0, 0.1) is 6.92 Å². The predicted octanol–water partition coefficient (Wildman–Crippen LogP) is 1.58. The molecule has 0 aliphatic carbocycles. The standard InChI is InChI=1S/C20H27N5O/c1-16-5-8-21-18(14-16)25-10-3-4-17(25)15-24-11-6-20(7-12-24)19(26)22-9-13-23(20)2/h3-5,8,10,14H,6-7,9,11-13,15H2,1-2H3,(H,22,26). The number of carbonyl (C=O) groups is 1. The Balaban J connectivity index is 1.46. The van der Waals surface area contributed by atoms with E-state index >= 15 is 0 Å². The minimum Gasteiger partial charge on any atom is -0.353 e. The number of aryl methyl sites for hydroxylation is 1. The molecule has 4 heterocycles. The van der Waals surface area contributed by atoms with Crippen molar-refractivity contribution >= 4 is 5.91 Å². The molecule has 0 bridgehead atoms. The number of likely N-dealkylation sites (tertiary alicyclic amines) is 1. The summed E-state index contributed by atoms with van der Waals surface area (Å²) in [6.45, 7) is 6.54. The van der Waals surface area contributed by atoms with Crippen LogP contribution in [-0.4, -0.2) is 64.0 Å². The number of amides is 1. The molecule has 0 atom stereocenters. The molecule has 2 aromatic rings. The number of hydrogen-bond donors (Lipinski definition) is 1. The third-order valence-electron chi connectivity index (χ3n) is 5.94. The molecule has 0 radical (unpaired) electrons. The Labute approximate surface area is 154 Å². The van der Waals surface area contributed by atoms with Crippen molar-refractivity contribution in [1.82, 2.24) is 24.7 Å². The third-order valence-corrected chi connectivity index (χ3v) is 5.94. The zero-order chi connectivity index (χ0) is 18.1. The minimum absolute atomic E-state index is 0.207. The number of likely N-dealkylation sites (N-methyl/N-ethyl adjacent to an activating group) is 1. The third kappa shape index (κ3) is 3.04. The summed E-state index contributed by atoms with van der Waals surface area (Å²) in [5.74, 6) is 1.17. The van der Waals surface area contributed by atoms with Gasteiger partial charge < -0.3 is 9.88 Å². The summed E-state index contributed by atoms with van der Waals surface area (Å²) in [5.41, 5.74) is 2.14. The van der Waals surface area contributed by atoms with Gasteiger partial charge >= 0.3 is 0 Å². The quantitative estimate of drug-likeness (QED) is 0.910. The number of nitrogens with one attached hydrogen (secondary N) is 1. The zero-order valence-corrected chi connectivity index (χ0v) is 15.6. The highest BCUT2D eigenvalue weighted by Crippen LogP contribution is 2.30. The van der Waals surface area contributed by atoms with E-state index in [0.717, 1.165) is 51.4 Å². The molecule has 26 heavy (non-hydrogen) atoms. The van der Waals surface area contributed by atoms with Crippen molar-refractivity contribution in [3.05, 3.63) is 47.9 Å². The van der Waals surface area contributed by atoms with Gasteiger partial charge in [-0.05, 0) is 56.6 Å². The number of hydrogen-bond acceptors (Lipinski definition) is 4. The van der Waals surface area contributed by atoms with Crippen LogP contribution in [0.3, 0.4) is 0 Å². The first-order valence-corrected chi connectivity index (χ1v) is 9.40. The first kappa shape index (κ1) is 17.2.